The average molecular weight is 281 g/mol. The van der Waals surface area contributed by atoms with Crippen molar-refractivity contribution in [2.75, 3.05) is 17.2 Å². The van der Waals surface area contributed by atoms with Crippen molar-refractivity contribution in [3.05, 3.63) is 28.1 Å². The monoisotopic (exact) mass is 281 g/mol. The number of hydrogen-bond acceptors (Lipinski definition) is 6. The summed E-state index contributed by atoms with van der Waals surface area (Å²) in [6.07, 6.45) is 3.91. The summed E-state index contributed by atoms with van der Waals surface area (Å²) in [5.74, 6) is 0.189. The third-order valence-electron chi connectivity index (χ3n) is 2.38. The molecule has 2 aromatic heterocycles. The Kier molecular flexibility index (Phi) is 4.62. The van der Waals surface area contributed by atoms with Crippen molar-refractivity contribution >= 4 is 23.1 Å². The highest BCUT2D eigenvalue weighted by atomic mass is 32.1. The van der Waals surface area contributed by atoms with Gasteiger partial charge in [0.2, 0.25) is 5.95 Å². The maximum Gasteiger partial charge on any atom is 0.224 e. The molecule has 0 aromatic carbocycles. The molecule has 0 fully saturated rings. The summed E-state index contributed by atoms with van der Waals surface area (Å²) in [6, 6.07) is 0. The zero-order valence-electron chi connectivity index (χ0n) is 10.9. The normalized spacial score (nSPS) is 10.5. The Hall–Kier alpha value is -1.76. The van der Waals surface area contributed by atoms with Gasteiger partial charge in [-0.3, -0.25) is 0 Å². The number of halogens is 1. The Balaban J connectivity index is 2.02. The van der Waals surface area contributed by atoms with Gasteiger partial charge in [-0.25, -0.2) is 14.4 Å². The van der Waals surface area contributed by atoms with E-state index < -0.39 is 5.82 Å². The van der Waals surface area contributed by atoms with Gasteiger partial charge in [0.15, 0.2) is 11.6 Å². The lowest BCUT2D eigenvalue weighted by Gasteiger charge is -2.07. The molecule has 7 heteroatoms. The van der Waals surface area contributed by atoms with E-state index in [0.29, 0.717) is 12.5 Å². The molecular weight excluding hydrogens is 265 g/mol. The first kappa shape index (κ1) is 13.7. The molecule has 2 heterocycles. The lowest BCUT2D eigenvalue weighted by Crippen LogP contribution is -2.08. The van der Waals surface area contributed by atoms with Gasteiger partial charge in [-0.05, 0) is 13.3 Å². The molecule has 0 amide bonds. The second kappa shape index (κ2) is 6.42. The van der Waals surface area contributed by atoms with Crippen LogP contribution in [0, 0.1) is 12.7 Å². The van der Waals surface area contributed by atoms with E-state index in [2.05, 4.69) is 25.6 Å². The van der Waals surface area contributed by atoms with Crippen molar-refractivity contribution < 1.29 is 4.39 Å². The van der Waals surface area contributed by atoms with Gasteiger partial charge in [0.05, 0.1) is 17.7 Å². The fourth-order valence-corrected chi connectivity index (χ4v) is 2.21. The van der Waals surface area contributed by atoms with Crippen molar-refractivity contribution in [2.45, 2.75) is 26.8 Å². The number of nitrogens with zero attached hydrogens (tertiary/aromatic N) is 3. The molecule has 2 aromatic rings. The third kappa shape index (κ3) is 3.85. The van der Waals surface area contributed by atoms with E-state index in [9.17, 15) is 4.39 Å². The number of hydrogen-bond donors (Lipinski definition) is 2. The van der Waals surface area contributed by atoms with Crippen molar-refractivity contribution in [3.8, 4) is 0 Å². The Morgan fingerprint density at radius 2 is 2.11 bits per heavy atom. The maximum atomic E-state index is 13.6. The first-order chi connectivity index (χ1) is 9.19. The molecule has 5 nitrogen and oxygen atoms in total. The largest absolute Gasteiger partial charge is 0.363 e. The van der Waals surface area contributed by atoms with E-state index in [1.54, 1.807) is 17.5 Å². The predicted molar refractivity (Wildman–Crippen MR) is 74.9 cm³/mol. The lowest BCUT2D eigenvalue weighted by molar-refractivity contribution is 0.617. The standard InChI is InChI=1S/C12H16FN5S/c1-3-4-14-12-17-7-10(13)11(18-12)16-6-9-5-15-8(2)19-9/h5,7H,3-4,6H2,1-2H3,(H2,14,16,17,18). The van der Waals surface area contributed by atoms with Crippen LogP contribution in [0.25, 0.3) is 0 Å². The predicted octanol–water partition coefficient (Wildman–Crippen LogP) is 2.81. The van der Waals surface area contributed by atoms with Crippen LogP contribution in [0.5, 0.6) is 0 Å². The molecule has 0 aliphatic carbocycles. The van der Waals surface area contributed by atoms with Crippen LogP contribution in [0.15, 0.2) is 12.4 Å². The smallest absolute Gasteiger partial charge is 0.224 e. The van der Waals surface area contributed by atoms with Gasteiger partial charge in [-0.1, -0.05) is 6.92 Å². The number of nitrogens with one attached hydrogen (secondary N) is 2. The van der Waals surface area contributed by atoms with Crippen molar-refractivity contribution in [3.63, 3.8) is 0 Å². The third-order valence-corrected chi connectivity index (χ3v) is 3.29. The quantitative estimate of drug-likeness (QED) is 0.852. The van der Waals surface area contributed by atoms with Crippen molar-refractivity contribution in [1.29, 1.82) is 0 Å². The van der Waals surface area contributed by atoms with Crippen LogP contribution in [0.4, 0.5) is 16.2 Å². The molecule has 19 heavy (non-hydrogen) atoms. The zero-order valence-corrected chi connectivity index (χ0v) is 11.7. The second-order valence-electron chi connectivity index (χ2n) is 4.02. The van der Waals surface area contributed by atoms with Gasteiger partial charge < -0.3 is 10.6 Å². The molecule has 0 aliphatic rings. The summed E-state index contributed by atoms with van der Waals surface area (Å²) >= 11 is 1.58. The minimum atomic E-state index is -0.455. The van der Waals surface area contributed by atoms with Crippen LogP contribution in [0.3, 0.4) is 0 Å². The van der Waals surface area contributed by atoms with Crippen molar-refractivity contribution in [1.82, 2.24) is 15.0 Å². The highest BCUT2D eigenvalue weighted by Gasteiger charge is 2.07. The van der Waals surface area contributed by atoms with Gasteiger partial charge in [0.25, 0.3) is 0 Å². The van der Waals surface area contributed by atoms with E-state index >= 15 is 0 Å². The minimum absolute atomic E-state index is 0.208. The van der Waals surface area contributed by atoms with Gasteiger partial charge in [0, 0.05) is 17.6 Å². The molecule has 0 atom stereocenters. The Morgan fingerprint density at radius 3 is 2.79 bits per heavy atom. The van der Waals surface area contributed by atoms with Crippen LogP contribution in [-0.2, 0) is 6.54 Å². The van der Waals surface area contributed by atoms with E-state index in [-0.39, 0.29) is 5.82 Å². The summed E-state index contributed by atoms with van der Waals surface area (Å²) in [6.45, 7) is 5.25. The summed E-state index contributed by atoms with van der Waals surface area (Å²) in [7, 11) is 0. The molecule has 0 saturated heterocycles. The first-order valence-corrected chi connectivity index (χ1v) is 6.92. The highest BCUT2D eigenvalue weighted by Crippen LogP contribution is 2.16. The maximum absolute atomic E-state index is 13.6. The van der Waals surface area contributed by atoms with E-state index in [1.807, 2.05) is 13.8 Å². The van der Waals surface area contributed by atoms with Crippen molar-refractivity contribution in [2.24, 2.45) is 0 Å². The highest BCUT2D eigenvalue weighted by molar-refractivity contribution is 7.11. The molecule has 102 valence electrons. The number of aryl methyl sites for hydroxylation is 1. The van der Waals surface area contributed by atoms with E-state index in [4.69, 9.17) is 0 Å². The summed E-state index contributed by atoms with van der Waals surface area (Å²) in [4.78, 5) is 13.2. The van der Waals surface area contributed by atoms with Gasteiger partial charge in [-0.2, -0.15) is 4.98 Å². The summed E-state index contributed by atoms with van der Waals surface area (Å²) < 4.78 is 13.6. The second-order valence-corrected chi connectivity index (χ2v) is 5.34. The van der Waals surface area contributed by atoms with Crippen LogP contribution in [0.1, 0.15) is 23.2 Å². The Morgan fingerprint density at radius 1 is 1.26 bits per heavy atom. The molecule has 0 aliphatic heterocycles. The summed E-state index contributed by atoms with van der Waals surface area (Å²) in [5, 5.41) is 6.98. The van der Waals surface area contributed by atoms with Gasteiger partial charge in [-0.15, -0.1) is 11.3 Å². The molecular formula is C12H16FN5S. The van der Waals surface area contributed by atoms with Crippen LogP contribution in [0.2, 0.25) is 0 Å². The first-order valence-electron chi connectivity index (χ1n) is 6.10. The topological polar surface area (TPSA) is 62.7 Å². The number of thiazole rings is 1. The fraction of sp³-hybridized carbons (Fsp3) is 0.417. The van der Waals surface area contributed by atoms with E-state index in [1.165, 1.54) is 6.20 Å². The van der Waals surface area contributed by atoms with Crippen LogP contribution >= 0.6 is 11.3 Å². The van der Waals surface area contributed by atoms with Gasteiger partial charge in [0.1, 0.15) is 0 Å². The average Bonchev–Trinajstić information content (AvgIpc) is 2.82. The molecule has 0 radical (unpaired) electrons. The molecule has 0 spiro atoms. The minimum Gasteiger partial charge on any atom is -0.363 e. The number of aromatic nitrogens is 3. The molecule has 2 rings (SSSR count). The number of rotatable bonds is 6. The Bertz CT molecular complexity index is 543. The Labute approximate surface area is 115 Å². The SMILES string of the molecule is CCCNc1ncc(F)c(NCc2cnc(C)s2)n1. The zero-order chi connectivity index (χ0) is 13.7. The summed E-state index contributed by atoms with van der Waals surface area (Å²) in [5.41, 5.74) is 0. The molecule has 2 N–H and O–H groups in total. The molecule has 0 saturated carbocycles. The lowest BCUT2D eigenvalue weighted by atomic mass is 10.4. The number of anilines is 2. The fourth-order valence-electron chi connectivity index (χ4n) is 1.47. The van der Waals surface area contributed by atoms with Crippen LogP contribution in [-0.4, -0.2) is 21.5 Å². The molecule has 0 unspecified atom stereocenters. The van der Waals surface area contributed by atoms with Crippen LogP contribution < -0.4 is 10.6 Å². The molecule has 0 bridgehead atoms. The van der Waals surface area contributed by atoms with Gasteiger partial charge >= 0.3 is 0 Å². The van der Waals surface area contributed by atoms with E-state index in [0.717, 1.165) is 22.9 Å².